The van der Waals surface area contributed by atoms with Gasteiger partial charge in [0.2, 0.25) is 13.3 Å². The first kappa shape index (κ1) is 15.7. The first-order chi connectivity index (χ1) is 11.0. The molecule has 0 saturated carbocycles. The van der Waals surface area contributed by atoms with Crippen molar-refractivity contribution in [3.8, 4) is 17.2 Å². The average Bonchev–Trinajstić information content (AvgIpc) is 2.91. The Kier molecular flexibility index (Phi) is 4.19. The van der Waals surface area contributed by atoms with Gasteiger partial charge < -0.3 is 14.6 Å². The van der Waals surface area contributed by atoms with Gasteiger partial charge in [0.05, 0.1) is 5.92 Å². The van der Waals surface area contributed by atoms with E-state index in [4.69, 9.17) is 32.7 Å². The molecule has 1 aliphatic rings. The molecule has 0 radical (unpaired) electrons. The molecule has 0 spiro atoms. The lowest BCUT2D eigenvalue weighted by molar-refractivity contribution is -0.481. The predicted molar refractivity (Wildman–Crippen MR) is 84.4 cm³/mol. The number of nitrogens with zero attached hydrogens (tertiary/aromatic N) is 1. The smallest absolute Gasteiger partial charge is 0.231 e. The monoisotopic (exact) mass is 355 g/mol. The summed E-state index contributed by atoms with van der Waals surface area (Å²) in [5.74, 6) is -0.0408. The number of ether oxygens (including phenoxy) is 2. The first-order valence-electron chi connectivity index (χ1n) is 6.65. The molecule has 120 valence electrons. The van der Waals surface area contributed by atoms with Crippen molar-refractivity contribution < 1.29 is 19.5 Å². The number of hydrogen-bond acceptors (Lipinski definition) is 5. The van der Waals surface area contributed by atoms with Crippen LogP contribution in [0.1, 0.15) is 17.0 Å². The normalized spacial score (nSPS) is 13.8. The molecule has 1 aliphatic heterocycles. The van der Waals surface area contributed by atoms with Crippen LogP contribution in [0.3, 0.4) is 0 Å². The van der Waals surface area contributed by atoms with Crippen molar-refractivity contribution in [2.45, 2.75) is 5.92 Å². The lowest BCUT2D eigenvalue weighted by atomic mass is 9.90. The minimum absolute atomic E-state index is 0.0415. The van der Waals surface area contributed by atoms with Crippen molar-refractivity contribution in [3.63, 3.8) is 0 Å². The van der Waals surface area contributed by atoms with E-state index in [0.717, 1.165) is 0 Å². The van der Waals surface area contributed by atoms with Crippen molar-refractivity contribution in [1.29, 1.82) is 0 Å². The number of benzene rings is 2. The van der Waals surface area contributed by atoms with E-state index in [1.807, 2.05) is 0 Å². The molecule has 0 amide bonds. The summed E-state index contributed by atoms with van der Waals surface area (Å²) in [6.07, 6.45) is 0. The van der Waals surface area contributed by atoms with Crippen LogP contribution in [0.15, 0.2) is 30.3 Å². The molecule has 0 bridgehead atoms. The zero-order chi connectivity index (χ0) is 16.6. The van der Waals surface area contributed by atoms with Crippen LogP contribution in [-0.4, -0.2) is 23.4 Å². The van der Waals surface area contributed by atoms with Gasteiger partial charge in [0.15, 0.2) is 11.5 Å². The fourth-order valence-electron chi connectivity index (χ4n) is 2.52. The number of rotatable bonds is 4. The van der Waals surface area contributed by atoms with Gasteiger partial charge >= 0.3 is 0 Å². The Morgan fingerprint density at radius 2 is 1.87 bits per heavy atom. The van der Waals surface area contributed by atoms with Crippen molar-refractivity contribution in [2.75, 3.05) is 13.3 Å². The van der Waals surface area contributed by atoms with Crippen LogP contribution in [0.5, 0.6) is 17.2 Å². The van der Waals surface area contributed by atoms with E-state index in [2.05, 4.69) is 0 Å². The highest BCUT2D eigenvalue weighted by Gasteiger charge is 2.28. The van der Waals surface area contributed by atoms with Gasteiger partial charge in [0.25, 0.3) is 0 Å². The van der Waals surface area contributed by atoms with Crippen LogP contribution in [-0.2, 0) is 0 Å². The molecule has 1 heterocycles. The summed E-state index contributed by atoms with van der Waals surface area (Å²) in [6.45, 7) is -0.394. The summed E-state index contributed by atoms with van der Waals surface area (Å²) in [5, 5.41) is 22.0. The Labute approximate surface area is 141 Å². The standard InChI is InChI=1S/C15H11Cl2NO5/c16-8-1-2-9(12(17)3-8)11(6-18(20)21)10-4-14-15(5-13(10)19)23-7-22-14/h1-5,11,19H,6-7H2. The number of fused-ring (bicyclic) bond motifs is 1. The topological polar surface area (TPSA) is 81.8 Å². The minimum atomic E-state index is -0.746. The number of halogens is 2. The molecule has 23 heavy (non-hydrogen) atoms. The van der Waals surface area contributed by atoms with Gasteiger partial charge in [0, 0.05) is 26.6 Å². The van der Waals surface area contributed by atoms with Gasteiger partial charge in [-0.2, -0.15) is 0 Å². The molecule has 0 aromatic heterocycles. The van der Waals surface area contributed by atoms with E-state index < -0.39 is 17.4 Å². The third-order valence-corrected chi connectivity index (χ3v) is 4.13. The molecule has 1 unspecified atom stereocenters. The van der Waals surface area contributed by atoms with Crippen molar-refractivity contribution in [1.82, 2.24) is 0 Å². The van der Waals surface area contributed by atoms with Crippen LogP contribution >= 0.6 is 23.2 Å². The van der Waals surface area contributed by atoms with E-state index >= 15 is 0 Å². The van der Waals surface area contributed by atoms with Gasteiger partial charge in [-0.1, -0.05) is 29.3 Å². The SMILES string of the molecule is O=[N+]([O-])CC(c1cc2c(cc1O)OCO2)c1ccc(Cl)cc1Cl. The quantitative estimate of drug-likeness (QED) is 0.665. The van der Waals surface area contributed by atoms with E-state index in [1.165, 1.54) is 18.2 Å². The van der Waals surface area contributed by atoms with E-state index in [-0.39, 0.29) is 12.5 Å². The molecular weight excluding hydrogens is 345 g/mol. The number of aromatic hydroxyl groups is 1. The number of phenols is 1. The molecule has 6 nitrogen and oxygen atoms in total. The zero-order valence-electron chi connectivity index (χ0n) is 11.7. The second kappa shape index (κ2) is 6.14. The predicted octanol–water partition coefficient (Wildman–Crippen LogP) is 3.84. The molecule has 0 saturated heterocycles. The van der Waals surface area contributed by atoms with Crippen LogP contribution in [0, 0.1) is 10.1 Å². The van der Waals surface area contributed by atoms with Crippen LogP contribution in [0.2, 0.25) is 10.0 Å². The molecule has 0 fully saturated rings. The highest BCUT2D eigenvalue weighted by molar-refractivity contribution is 6.35. The maximum Gasteiger partial charge on any atom is 0.231 e. The lowest BCUT2D eigenvalue weighted by Crippen LogP contribution is -2.14. The highest BCUT2D eigenvalue weighted by Crippen LogP contribution is 2.43. The summed E-state index contributed by atoms with van der Waals surface area (Å²) in [5.41, 5.74) is 0.845. The van der Waals surface area contributed by atoms with Gasteiger partial charge in [-0.15, -0.1) is 0 Å². The Bertz CT molecular complexity index is 781. The number of hydrogen-bond donors (Lipinski definition) is 1. The third kappa shape index (κ3) is 3.13. The molecule has 2 aromatic rings. The Hall–Kier alpha value is -2.18. The van der Waals surface area contributed by atoms with E-state index in [9.17, 15) is 15.2 Å². The van der Waals surface area contributed by atoms with E-state index in [1.54, 1.807) is 12.1 Å². The zero-order valence-corrected chi connectivity index (χ0v) is 13.2. The number of phenolic OH excluding ortho intramolecular Hbond substituents is 1. The Morgan fingerprint density at radius 1 is 1.17 bits per heavy atom. The van der Waals surface area contributed by atoms with Crippen LogP contribution in [0.4, 0.5) is 0 Å². The van der Waals surface area contributed by atoms with Crippen molar-refractivity contribution in [2.24, 2.45) is 0 Å². The highest BCUT2D eigenvalue weighted by atomic mass is 35.5. The van der Waals surface area contributed by atoms with Gasteiger partial charge in [-0.3, -0.25) is 10.1 Å². The molecule has 3 rings (SSSR count). The minimum Gasteiger partial charge on any atom is -0.507 e. The molecule has 1 N–H and O–H groups in total. The maximum atomic E-state index is 11.1. The molecule has 8 heteroatoms. The fourth-order valence-corrected chi connectivity index (χ4v) is 3.06. The Balaban J connectivity index is 2.11. The maximum absolute atomic E-state index is 11.1. The van der Waals surface area contributed by atoms with Gasteiger partial charge in [-0.05, 0) is 23.8 Å². The summed E-state index contributed by atoms with van der Waals surface area (Å²) < 4.78 is 10.5. The van der Waals surface area contributed by atoms with Gasteiger partial charge in [0.1, 0.15) is 5.75 Å². The first-order valence-corrected chi connectivity index (χ1v) is 7.40. The molecular formula is C15H11Cl2NO5. The van der Waals surface area contributed by atoms with Crippen molar-refractivity contribution in [3.05, 3.63) is 61.6 Å². The second-order valence-corrected chi connectivity index (χ2v) is 5.84. The lowest BCUT2D eigenvalue weighted by Gasteiger charge is -2.17. The Morgan fingerprint density at radius 3 is 2.52 bits per heavy atom. The number of nitro groups is 1. The summed E-state index contributed by atoms with van der Waals surface area (Å²) in [4.78, 5) is 10.6. The largest absolute Gasteiger partial charge is 0.507 e. The van der Waals surface area contributed by atoms with Crippen molar-refractivity contribution >= 4 is 23.2 Å². The van der Waals surface area contributed by atoms with Gasteiger partial charge in [-0.25, -0.2) is 0 Å². The van der Waals surface area contributed by atoms with Crippen LogP contribution in [0.25, 0.3) is 0 Å². The molecule has 2 aromatic carbocycles. The summed E-state index contributed by atoms with van der Waals surface area (Å²) in [7, 11) is 0. The average molecular weight is 356 g/mol. The molecule has 0 aliphatic carbocycles. The van der Waals surface area contributed by atoms with Crippen LogP contribution < -0.4 is 9.47 Å². The summed E-state index contributed by atoms with van der Waals surface area (Å²) >= 11 is 12.1. The summed E-state index contributed by atoms with van der Waals surface area (Å²) in [6, 6.07) is 7.64. The fraction of sp³-hybridized carbons (Fsp3) is 0.200. The third-order valence-electron chi connectivity index (χ3n) is 3.57. The second-order valence-electron chi connectivity index (χ2n) is 5.00. The molecule has 1 atom stereocenters. The van der Waals surface area contributed by atoms with E-state index in [0.29, 0.717) is 32.7 Å².